The molecule has 0 bridgehead atoms. The van der Waals surface area contributed by atoms with Crippen LogP contribution in [0.1, 0.15) is 64.5 Å². The number of carbonyl (C=O) groups excluding carboxylic acids is 1. The van der Waals surface area contributed by atoms with Crippen molar-refractivity contribution in [2.45, 2.75) is 65.2 Å². The van der Waals surface area contributed by atoms with E-state index in [-0.39, 0.29) is 11.4 Å². The van der Waals surface area contributed by atoms with E-state index in [1.807, 2.05) is 6.92 Å². The number of hydrogen-bond acceptors (Lipinski definition) is 2. The fraction of sp³-hybridized carbons (Fsp3) is 0.611. The summed E-state index contributed by atoms with van der Waals surface area (Å²) in [4.78, 5) is 11.0. The van der Waals surface area contributed by atoms with Crippen molar-refractivity contribution in [1.29, 1.82) is 0 Å². The van der Waals surface area contributed by atoms with Crippen LogP contribution in [0.5, 0.6) is 0 Å². The van der Waals surface area contributed by atoms with Crippen LogP contribution in [0.3, 0.4) is 0 Å². The normalized spacial score (nSPS) is 11.4. The Bertz CT molecular complexity index is 398. The number of aryl methyl sites for hydroxylation is 1. The second-order valence-corrected chi connectivity index (χ2v) is 6.33. The molecule has 0 aliphatic heterocycles. The summed E-state index contributed by atoms with van der Waals surface area (Å²) in [5.74, 6) is -0.0947. The average Bonchev–Trinajstić information content (AvgIpc) is 2.41. The molecule has 1 aromatic carbocycles. The van der Waals surface area contributed by atoms with Crippen LogP contribution in [0, 0.1) is 0 Å². The summed E-state index contributed by atoms with van der Waals surface area (Å²) in [6.07, 6.45) is 4.80. The van der Waals surface area contributed by atoms with E-state index in [0.29, 0.717) is 13.0 Å². The van der Waals surface area contributed by atoms with Gasteiger partial charge in [-0.25, -0.2) is 0 Å². The third-order valence-corrected chi connectivity index (χ3v) is 3.48. The monoisotopic (exact) mass is 276 g/mol. The van der Waals surface area contributed by atoms with Crippen LogP contribution in [-0.2, 0) is 21.4 Å². The van der Waals surface area contributed by atoms with E-state index in [1.165, 1.54) is 11.1 Å². The van der Waals surface area contributed by atoms with Crippen molar-refractivity contribution < 1.29 is 9.53 Å². The molecular weight excluding hydrogens is 248 g/mol. The molecule has 0 saturated carbocycles. The molecule has 0 aliphatic rings. The molecular formula is C18H28O2. The van der Waals surface area contributed by atoms with Gasteiger partial charge in [-0.05, 0) is 42.2 Å². The van der Waals surface area contributed by atoms with Crippen LogP contribution >= 0.6 is 0 Å². The lowest BCUT2D eigenvalue weighted by Crippen LogP contribution is -2.10. The maximum atomic E-state index is 11.0. The van der Waals surface area contributed by atoms with Crippen LogP contribution in [0.25, 0.3) is 0 Å². The molecule has 0 aliphatic carbocycles. The first-order chi connectivity index (χ1) is 9.43. The first kappa shape index (κ1) is 16.7. The summed E-state index contributed by atoms with van der Waals surface area (Å²) in [6, 6.07) is 8.94. The topological polar surface area (TPSA) is 26.3 Å². The van der Waals surface area contributed by atoms with Crippen LogP contribution in [0.4, 0.5) is 0 Å². The van der Waals surface area contributed by atoms with E-state index in [9.17, 15) is 4.79 Å². The fourth-order valence-corrected chi connectivity index (χ4v) is 2.07. The van der Waals surface area contributed by atoms with E-state index in [4.69, 9.17) is 4.74 Å². The summed E-state index contributed by atoms with van der Waals surface area (Å²) >= 11 is 0. The first-order valence-electron chi connectivity index (χ1n) is 7.68. The van der Waals surface area contributed by atoms with Gasteiger partial charge in [-0.15, -0.1) is 0 Å². The predicted molar refractivity (Wildman–Crippen MR) is 83.9 cm³/mol. The third kappa shape index (κ3) is 6.23. The smallest absolute Gasteiger partial charge is 0.305 e. The Morgan fingerprint density at radius 2 is 1.70 bits per heavy atom. The molecule has 0 N–H and O–H groups in total. The Kier molecular flexibility index (Phi) is 6.77. The van der Waals surface area contributed by atoms with Gasteiger partial charge in [-0.2, -0.15) is 0 Å². The second kappa shape index (κ2) is 8.08. The van der Waals surface area contributed by atoms with Crippen molar-refractivity contribution in [3.63, 3.8) is 0 Å². The standard InChI is InChI=1S/C18H28O2/c1-5-17(19)20-14-8-6-7-9-15-10-12-16(13-11-15)18(2,3)4/h10-13H,5-9,14H2,1-4H3. The van der Waals surface area contributed by atoms with Gasteiger partial charge in [0.1, 0.15) is 0 Å². The molecule has 1 rings (SSSR count). The average molecular weight is 276 g/mol. The minimum Gasteiger partial charge on any atom is -0.466 e. The van der Waals surface area contributed by atoms with E-state index in [0.717, 1.165) is 25.7 Å². The van der Waals surface area contributed by atoms with Crippen molar-refractivity contribution in [2.75, 3.05) is 6.61 Å². The van der Waals surface area contributed by atoms with Crippen molar-refractivity contribution in [3.8, 4) is 0 Å². The summed E-state index contributed by atoms with van der Waals surface area (Å²) in [5, 5.41) is 0. The molecule has 1 aromatic rings. The molecule has 0 heterocycles. The Balaban J connectivity index is 2.21. The molecule has 0 fully saturated rings. The second-order valence-electron chi connectivity index (χ2n) is 6.33. The van der Waals surface area contributed by atoms with E-state index < -0.39 is 0 Å². The SMILES string of the molecule is CCC(=O)OCCCCCc1ccc(C(C)(C)C)cc1. The van der Waals surface area contributed by atoms with Gasteiger partial charge in [0.15, 0.2) is 0 Å². The summed E-state index contributed by atoms with van der Waals surface area (Å²) in [7, 11) is 0. The highest BCUT2D eigenvalue weighted by Crippen LogP contribution is 2.22. The Labute approximate surface area is 123 Å². The van der Waals surface area contributed by atoms with E-state index >= 15 is 0 Å². The Morgan fingerprint density at radius 1 is 1.05 bits per heavy atom. The molecule has 0 amide bonds. The lowest BCUT2D eigenvalue weighted by molar-refractivity contribution is -0.143. The number of esters is 1. The van der Waals surface area contributed by atoms with Gasteiger partial charge < -0.3 is 4.74 Å². The minimum atomic E-state index is -0.0947. The highest BCUT2D eigenvalue weighted by atomic mass is 16.5. The van der Waals surface area contributed by atoms with E-state index in [1.54, 1.807) is 0 Å². The van der Waals surface area contributed by atoms with Gasteiger partial charge in [-0.1, -0.05) is 52.0 Å². The fourth-order valence-electron chi connectivity index (χ4n) is 2.07. The van der Waals surface area contributed by atoms with Crippen molar-refractivity contribution in [1.82, 2.24) is 0 Å². The number of benzene rings is 1. The maximum Gasteiger partial charge on any atom is 0.305 e. The van der Waals surface area contributed by atoms with Gasteiger partial charge in [0.05, 0.1) is 6.61 Å². The van der Waals surface area contributed by atoms with Crippen molar-refractivity contribution in [2.24, 2.45) is 0 Å². The van der Waals surface area contributed by atoms with Gasteiger partial charge in [0.25, 0.3) is 0 Å². The summed E-state index contributed by atoms with van der Waals surface area (Å²) in [5.41, 5.74) is 3.00. The van der Waals surface area contributed by atoms with Crippen LogP contribution < -0.4 is 0 Å². The summed E-state index contributed by atoms with van der Waals surface area (Å²) in [6.45, 7) is 9.10. The maximum absolute atomic E-state index is 11.0. The summed E-state index contributed by atoms with van der Waals surface area (Å²) < 4.78 is 5.06. The van der Waals surface area contributed by atoms with Gasteiger partial charge in [-0.3, -0.25) is 4.79 Å². The molecule has 2 nitrogen and oxygen atoms in total. The zero-order valence-electron chi connectivity index (χ0n) is 13.4. The van der Waals surface area contributed by atoms with E-state index in [2.05, 4.69) is 45.0 Å². The van der Waals surface area contributed by atoms with Gasteiger partial charge in [0, 0.05) is 6.42 Å². The number of carbonyl (C=O) groups is 1. The van der Waals surface area contributed by atoms with Crippen LogP contribution in [0.15, 0.2) is 24.3 Å². The molecule has 20 heavy (non-hydrogen) atoms. The Morgan fingerprint density at radius 3 is 2.25 bits per heavy atom. The quantitative estimate of drug-likeness (QED) is 0.535. The zero-order chi connectivity index (χ0) is 15.0. The molecule has 0 aromatic heterocycles. The number of ether oxygens (including phenoxy) is 1. The van der Waals surface area contributed by atoms with Crippen LogP contribution in [0.2, 0.25) is 0 Å². The number of hydrogen-bond donors (Lipinski definition) is 0. The Hall–Kier alpha value is -1.31. The molecule has 0 unspecified atom stereocenters. The molecule has 0 spiro atoms. The third-order valence-electron chi connectivity index (χ3n) is 3.48. The number of rotatable bonds is 7. The van der Waals surface area contributed by atoms with Crippen molar-refractivity contribution >= 4 is 5.97 Å². The highest BCUT2D eigenvalue weighted by molar-refractivity contribution is 5.68. The lowest BCUT2D eigenvalue weighted by Gasteiger charge is -2.19. The predicted octanol–water partition coefficient (Wildman–Crippen LogP) is 4.65. The van der Waals surface area contributed by atoms with Crippen molar-refractivity contribution in [3.05, 3.63) is 35.4 Å². The largest absolute Gasteiger partial charge is 0.466 e. The lowest BCUT2D eigenvalue weighted by atomic mass is 9.86. The first-order valence-corrected chi connectivity index (χ1v) is 7.68. The number of unbranched alkanes of at least 4 members (excludes halogenated alkanes) is 2. The van der Waals surface area contributed by atoms with Crippen LogP contribution in [-0.4, -0.2) is 12.6 Å². The van der Waals surface area contributed by atoms with Gasteiger partial charge in [0.2, 0.25) is 0 Å². The molecule has 0 radical (unpaired) electrons. The zero-order valence-corrected chi connectivity index (χ0v) is 13.4. The molecule has 2 heteroatoms. The molecule has 0 saturated heterocycles. The molecule has 112 valence electrons. The highest BCUT2D eigenvalue weighted by Gasteiger charge is 2.12. The van der Waals surface area contributed by atoms with Gasteiger partial charge >= 0.3 is 5.97 Å². The molecule has 0 atom stereocenters. The minimum absolute atomic E-state index is 0.0947.